The van der Waals surface area contributed by atoms with Crippen LogP contribution < -0.4 is 15.4 Å². The van der Waals surface area contributed by atoms with Crippen LogP contribution in [0.2, 0.25) is 0 Å². The van der Waals surface area contributed by atoms with Crippen molar-refractivity contribution in [1.29, 1.82) is 0 Å². The molecule has 5 nitrogen and oxygen atoms in total. The number of rotatable bonds is 6. The van der Waals surface area contributed by atoms with E-state index in [9.17, 15) is 9.90 Å². The van der Waals surface area contributed by atoms with Gasteiger partial charge in [0.05, 0.1) is 19.4 Å². The molecule has 1 unspecified atom stereocenters. The van der Waals surface area contributed by atoms with Crippen LogP contribution in [0.3, 0.4) is 0 Å². The third kappa shape index (κ3) is 4.47. The first-order valence-corrected chi connectivity index (χ1v) is 7.45. The summed E-state index contributed by atoms with van der Waals surface area (Å²) in [6.45, 7) is 3.53. The third-order valence-electron chi connectivity index (χ3n) is 3.53. The second-order valence-electron chi connectivity index (χ2n) is 5.37. The standard InChI is InChI=1S/C18H22N2O3/c1-12(15-6-4-5-14(9-15)11-21)19-17-8-7-16(20-13(2)22)10-18(17)23-3/h4-10,12,19,21H,11H2,1-3H3,(H,20,22). The quantitative estimate of drug-likeness (QED) is 0.765. The average molecular weight is 314 g/mol. The number of anilines is 2. The minimum atomic E-state index is -0.123. The molecule has 2 aromatic carbocycles. The molecule has 0 aliphatic carbocycles. The number of amides is 1. The summed E-state index contributed by atoms with van der Waals surface area (Å²) in [5.41, 5.74) is 3.48. The minimum Gasteiger partial charge on any atom is -0.495 e. The molecule has 0 aliphatic rings. The zero-order valence-corrected chi connectivity index (χ0v) is 13.6. The molecule has 122 valence electrons. The number of hydrogen-bond donors (Lipinski definition) is 3. The van der Waals surface area contributed by atoms with Crippen LogP contribution in [0.4, 0.5) is 11.4 Å². The van der Waals surface area contributed by atoms with E-state index in [-0.39, 0.29) is 18.6 Å². The summed E-state index contributed by atoms with van der Waals surface area (Å²) < 4.78 is 5.40. The number of aliphatic hydroxyl groups is 1. The first kappa shape index (κ1) is 16.8. The summed E-state index contributed by atoms with van der Waals surface area (Å²) in [4.78, 5) is 11.1. The Labute approximate surface area is 136 Å². The van der Waals surface area contributed by atoms with Gasteiger partial charge in [-0.1, -0.05) is 24.3 Å². The molecule has 0 saturated heterocycles. The maximum atomic E-state index is 11.1. The van der Waals surface area contributed by atoms with Crippen LogP contribution in [-0.2, 0) is 11.4 Å². The second kappa shape index (κ2) is 7.65. The molecule has 0 aliphatic heterocycles. The molecule has 1 amide bonds. The van der Waals surface area contributed by atoms with Crippen molar-refractivity contribution in [2.45, 2.75) is 26.5 Å². The number of carbonyl (C=O) groups excluding carboxylic acids is 1. The van der Waals surface area contributed by atoms with Gasteiger partial charge >= 0.3 is 0 Å². The number of hydrogen-bond acceptors (Lipinski definition) is 4. The van der Waals surface area contributed by atoms with Crippen molar-refractivity contribution in [3.8, 4) is 5.75 Å². The van der Waals surface area contributed by atoms with E-state index in [4.69, 9.17) is 4.74 Å². The molecule has 0 aromatic heterocycles. The van der Waals surface area contributed by atoms with Crippen LogP contribution in [0.5, 0.6) is 5.75 Å². The lowest BCUT2D eigenvalue weighted by molar-refractivity contribution is -0.114. The van der Waals surface area contributed by atoms with Gasteiger partial charge in [0.1, 0.15) is 5.75 Å². The maximum absolute atomic E-state index is 11.1. The maximum Gasteiger partial charge on any atom is 0.221 e. The Balaban J connectivity index is 2.19. The van der Waals surface area contributed by atoms with Crippen molar-refractivity contribution in [1.82, 2.24) is 0 Å². The Hall–Kier alpha value is -2.53. The van der Waals surface area contributed by atoms with E-state index in [1.807, 2.05) is 43.3 Å². The smallest absolute Gasteiger partial charge is 0.221 e. The molecular formula is C18H22N2O3. The molecule has 0 bridgehead atoms. The fraction of sp³-hybridized carbons (Fsp3) is 0.278. The molecular weight excluding hydrogens is 292 g/mol. The van der Waals surface area contributed by atoms with Crippen molar-refractivity contribution in [2.24, 2.45) is 0 Å². The molecule has 0 fully saturated rings. The van der Waals surface area contributed by atoms with Gasteiger partial charge in [0.25, 0.3) is 0 Å². The Morgan fingerprint density at radius 2 is 2.04 bits per heavy atom. The lowest BCUT2D eigenvalue weighted by Gasteiger charge is -2.19. The van der Waals surface area contributed by atoms with E-state index in [1.54, 1.807) is 13.2 Å². The SMILES string of the molecule is COc1cc(NC(C)=O)ccc1NC(C)c1cccc(CO)c1. The fourth-order valence-electron chi connectivity index (χ4n) is 2.37. The van der Waals surface area contributed by atoms with E-state index >= 15 is 0 Å². The molecule has 0 spiro atoms. The van der Waals surface area contributed by atoms with Gasteiger partial charge in [-0.25, -0.2) is 0 Å². The highest BCUT2D eigenvalue weighted by atomic mass is 16.5. The number of aliphatic hydroxyl groups excluding tert-OH is 1. The van der Waals surface area contributed by atoms with Crippen LogP contribution >= 0.6 is 0 Å². The fourth-order valence-corrected chi connectivity index (χ4v) is 2.37. The van der Waals surface area contributed by atoms with Crippen molar-refractivity contribution in [3.63, 3.8) is 0 Å². The number of nitrogens with one attached hydrogen (secondary N) is 2. The van der Waals surface area contributed by atoms with Gasteiger partial charge in [-0.3, -0.25) is 4.79 Å². The van der Waals surface area contributed by atoms with Gasteiger partial charge in [0.15, 0.2) is 0 Å². The lowest BCUT2D eigenvalue weighted by atomic mass is 10.0. The van der Waals surface area contributed by atoms with Crippen LogP contribution in [0.25, 0.3) is 0 Å². The van der Waals surface area contributed by atoms with Crippen molar-refractivity contribution in [3.05, 3.63) is 53.6 Å². The molecule has 2 aromatic rings. The summed E-state index contributed by atoms with van der Waals surface area (Å²) in [5, 5.41) is 15.4. The van der Waals surface area contributed by atoms with Gasteiger partial charge in [0.2, 0.25) is 5.91 Å². The third-order valence-corrected chi connectivity index (χ3v) is 3.53. The average Bonchev–Trinajstić information content (AvgIpc) is 2.55. The summed E-state index contributed by atoms with van der Waals surface area (Å²) in [5.74, 6) is 0.531. The Morgan fingerprint density at radius 1 is 1.26 bits per heavy atom. The van der Waals surface area contributed by atoms with E-state index in [0.29, 0.717) is 11.4 Å². The lowest BCUT2D eigenvalue weighted by Crippen LogP contribution is -2.09. The minimum absolute atomic E-state index is 0.0231. The van der Waals surface area contributed by atoms with Crippen molar-refractivity contribution >= 4 is 17.3 Å². The zero-order valence-electron chi connectivity index (χ0n) is 13.6. The topological polar surface area (TPSA) is 70.6 Å². The van der Waals surface area contributed by atoms with Crippen molar-refractivity contribution in [2.75, 3.05) is 17.7 Å². The molecule has 3 N–H and O–H groups in total. The summed E-state index contributed by atoms with van der Waals surface area (Å²) in [6, 6.07) is 13.3. The van der Waals surface area contributed by atoms with E-state index in [2.05, 4.69) is 10.6 Å². The molecule has 0 heterocycles. The van der Waals surface area contributed by atoms with Crippen LogP contribution in [0, 0.1) is 0 Å². The van der Waals surface area contributed by atoms with Crippen LogP contribution in [-0.4, -0.2) is 18.1 Å². The number of methoxy groups -OCH3 is 1. The summed E-state index contributed by atoms with van der Waals surface area (Å²) >= 11 is 0. The highest BCUT2D eigenvalue weighted by molar-refractivity contribution is 5.89. The normalized spacial score (nSPS) is 11.7. The Bertz CT molecular complexity index is 686. The predicted octanol–water partition coefficient (Wildman–Crippen LogP) is 3.32. The number of ether oxygens (including phenoxy) is 1. The van der Waals surface area contributed by atoms with Crippen LogP contribution in [0.15, 0.2) is 42.5 Å². The zero-order chi connectivity index (χ0) is 16.8. The van der Waals surface area contributed by atoms with Crippen molar-refractivity contribution < 1.29 is 14.6 Å². The van der Waals surface area contributed by atoms with Crippen LogP contribution in [0.1, 0.15) is 31.0 Å². The predicted molar refractivity (Wildman–Crippen MR) is 91.7 cm³/mol. The molecule has 23 heavy (non-hydrogen) atoms. The van der Waals surface area contributed by atoms with Gasteiger partial charge in [0, 0.05) is 24.7 Å². The monoisotopic (exact) mass is 314 g/mol. The first-order valence-electron chi connectivity index (χ1n) is 7.45. The Kier molecular flexibility index (Phi) is 5.60. The number of carbonyl (C=O) groups is 1. The van der Waals surface area contributed by atoms with E-state index in [1.165, 1.54) is 6.92 Å². The Morgan fingerprint density at radius 3 is 2.70 bits per heavy atom. The van der Waals surface area contributed by atoms with Gasteiger partial charge in [-0.15, -0.1) is 0 Å². The highest BCUT2D eigenvalue weighted by Gasteiger charge is 2.10. The highest BCUT2D eigenvalue weighted by Crippen LogP contribution is 2.31. The second-order valence-corrected chi connectivity index (χ2v) is 5.37. The van der Waals surface area contributed by atoms with E-state index < -0.39 is 0 Å². The summed E-state index contributed by atoms with van der Waals surface area (Å²) in [7, 11) is 1.59. The molecule has 5 heteroatoms. The molecule has 2 rings (SSSR count). The van der Waals surface area contributed by atoms with E-state index in [0.717, 1.165) is 16.8 Å². The molecule has 1 atom stereocenters. The van der Waals surface area contributed by atoms with Gasteiger partial charge < -0.3 is 20.5 Å². The largest absolute Gasteiger partial charge is 0.495 e. The number of benzene rings is 2. The summed E-state index contributed by atoms with van der Waals surface area (Å²) in [6.07, 6.45) is 0. The van der Waals surface area contributed by atoms with Gasteiger partial charge in [-0.05, 0) is 30.2 Å². The van der Waals surface area contributed by atoms with Gasteiger partial charge in [-0.2, -0.15) is 0 Å². The molecule has 0 radical (unpaired) electrons. The first-order chi connectivity index (χ1) is 11.0. The molecule has 0 saturated carbocycles.